The van der Waals surface area contributed by atoms with Gasteiger partial charge in [-0.25, -0.2) is 0 Å². The summed E-state index contributed by atoms with van der Waals surface area (Å²) in [4.78, 5) is 12.0. The van der Waals surface area contributed by atoms with Gasteiger partial charge in [-0.05, 0) is 23.8 Å². The Bertz CT molecular complexity index is 538. The van der Waals surface area contributed by atoms with Gasteiger partial charge < -0.3 is 15.1 Å². The number of fused-ring (bicyclic) bond motifs is 1. The second-order valence-electron chi connectivity index (χ2n) is 4.68. The lowest BCUT2D eigenvalue weighted by atomic mass is 10.1. The molecule has 0 fully saturated rings. The van der Waals surface area contributed by atoms with Gasteiger partial charge in [-0.15, -0.1) is 0 Å². The Morgan fingerprint density at radius 3 is 3.00 bits per heavy atom. The average molecular weight is 256 g/mol. The quantitative estimate of drug-likeness (QED) is 0.879. The summed E-state index contributed by atoms with van der Waals surface area (Å²) >= 11 is 0. The number of rotatable bonds is 4. The van der Waals surface area contributed by atoms with Gasteiger partial charge in [0.2, 0.25) is 5.91 Å². The molecule has 2 heterocycles. The van der Waals surface area contributed by atoms with Crippen molar-refractivity contribution in [2.45, 2.75) is 18.9 Å². The van der Waals surface area contributed by atoms with Gasteiger partial charge in [-0.3, -0.25) is 4.79 Å². The Balaban J connectivity index is 1.50. The second kappa shape index (κ2) is 5.18. The smallest absolute Gasteiger partial charge is 0.242 e. The molecule has 98 valence electrons. The van der Waals surface area contributed by atoms with Crippen molar-refractivity contribution >= 4 is 11.6 Å². The largest absolute Gasteiger partial charge is 0.469 e. The van der Waals surface area contributed by atoms with Gasteiger partial charge in [0, 0.05) is 25.1 Å². The molecule has 1 unspecified atom stereocenters. The minimum Gasteiger partial charge on any atom is -0.469 e. The van der Waals surface area contributed by atoms with E-state index in [0.29, 0.717) is 6.54 Å². The van der Waals surface area contributed by atoms with Crippen LogP contribution in [0.5, 0.6) is 0 Å². The molecular formula is C15H16N2O2. The SMILES string of the molecule is O=C(NCCc1ccco1)C1Cc2ccccc2N1. The van der Waals surface area contributed by atoms with Crippen LogP contribution in [0.3, 0.4) is 0 Å². The summed E-state index contributed by atoms with van der Waals surface area (Å²) in [7, 11) is 0. The Labute approximate surface area is 111 Å². The zero-order valence-electron chi connectivity index (χ0n) is 10.6. The number of anilines is 1. The first-order chi connectivity index (χ1) is 9.33. The second-order valence-corrected chi connectivity index (χ2v) is 4.68. The van der Waals surface area contributed by atoms with Gasteiger partial charge >= 0.3 is 0 Å². The van der Waals surface area contributed by atoms with Crippen LogP contribution in [0.2, 0.25) is 0 Å². The zero-order chi connectivity index (χ0) is 13.1. The lowest BCUT2D eigenvalue weighted by molar-refractivity contribution is -0.121. The summed E-state index contributed by atoms with van der Waals surface area (Å²) in [5, 5.41) is 6.18. The van der Waals surface area contributed by atoms with Gasteiger partial charge in [-0.1, -0.05) is 18.2 Å². The van der Waals surface area contributed by atoms with E-state index in [1.807, 2.05) is 30.3 Å². The molecule has 19 heavy (non-hydrogen) atoms. The first-order valence-corrected chi connectivity index (χ1v) is 6.47. The number of para-hydroxylation sites is 1. The van der Waals surface area contributed by atoms with Gasteiger partial charge in [-0.2, -0.15) is 0 Å². The number of benzene rings is 1. The van der Waals surface area contributed by atoms with Crippen molar-refractivity contribution in [3.05, 3.63) is 54.0 Å². The summed E-state index contributed by atoms with van der Waals surface area (Å²) < 4.78 is 5.22. The summed E-state index contributed by atoms with van der Waals surface area (Å²) in [5.41, 5.74) is 2.27. The molecule has 2 aromatic rings. The third-order valence-corrected chi connectivity index (χ3v) is 3.34. The molecule has 4 heteroatoms. The maximum atomic E-state index is 12.0. The molecule has 4 nitrogen and oxygen atoms in total. The van der Waals surface area contributed by atoms with E-state index >= 15 is 0 Å². The van der Waals surface area contributed by atoms with Crippen LogP contribution in [0.1, 0.15) is 11.3 Å². The number of furan rings is 1. The van der Waals surface area contributed by atoms with Crippen molar-refractivity contribution in [1.29, 1.82) is 0 Å². The Hall–Kier alpha value is -2.23. The Morgan fingerprint density at radius 1 is 1.32 bits per heavy atom. The highest BCUT2D eigenvalue weighted by atomic mass is 16.3. The number of carbonyl (C=O) groups excluding carboxylic acids is 1. The predicted molar refractivity (Wildman–Crippen MR) is 73.0 cm³/mol. The van der Waals surface area contributed by atoms with Crippen LogP contribution in [-0.4, -0.2) is 18.5 Å². The molecule has 2 N–H and O–H groups in total. The van der Waals surface area contributed by atoms with E-state index in [4.69, 9.17) is 4.42 Å². The van der Waals surface area contributed by atoms with Crippen LogP contribution in [-0.2, 0) is 17.6 Å². The van der Waals surface area contributed by atoms with Gasteiger partial charge in [0.15, 0.2) is 0 Å². The van der Waals surface area contributed by atoms with Crippen molar-refractivity contribution in [3.63, 3.8) is 0 Å². The number of hydrogen-bond acceptors (Lipinski definition) is 3. The molecule has 0 aliphatic carbocycles. The highest BCUT2D eigenvalue weighted by Crippen LogP contribution is 2.24. The molecule has 1 aromatic carbocycles. The molecule has 0 radical (unpaired) electrons. The third-order valence-electron chi connectivity index (χ3n) is 3.34. The first kappa shape index (κ1) is 11.8. The van der Waals surface area contributed by atoms with Crippen molar-refractivity contribution < 1.29 is 9.21 Å². The zero-order valence-corrected chi connectivity index (χ0v) is 10.6. The van der Waals surface area contributed by atoms with Crippen LogP contribution in [0, 0.1) is 0 Å². The number of nitrogens with one attached hydrogen (secondary N) is 2. The predicted octanol–water partition coefficient (Wildman–Crippen LogP) is 1.98. The van der Waals surface area contributed by atoms with E-state index in [9.17, 15) is 4.79 Å². The van der Waals surface area contributed by atoms with Crippen molar-refractivity contribution in [1.82, 2.24) is 5.32 Å². The monoisotopic (exact) mass is 256 g/mol. The highest BCUT2D eigenvalue weighted by Gasteiger charge is 2.25. The fourth-order valence-corrected chi connectivity index (χ4v) is 2.34. The lowest BCUT2D eigenvalue weighted by Crippen LogP contribution is -2.39. The van der Waals surface area contributed by atoms with Gasteiger partial charge in [0.25, 0.3) is 0 Å². The molecule has 0 saturated carbocycles. The fraction of sp³-hybridized carbons (Fsp3) is 0.267. The molecule has 1 aliphatic heterocycles. The first-order valence-electron chi connectivity index (χ1n) is 6.47. The lowest BCUT2D eigenvalue weighted by Gasteiger charge is -2.11. The van der Waals surface area contributed by atoms with Crippen LogP contribution >= 0.6 is 0 Å². The molecule has 3 rings (SSSR count). The minimum atomic E-state index is -0.158. The molecule has 1 aliphatic rings. The molecular weight excluding hydrogens is 240 g/mol. The molecule has 1 amide bonds. The Morgan fingerprint density at radius 2 is 2.21 bits per heavy atom. The summed E-state index contributed by atoms with van der Waals surface area (Å²) in [6.45, 7) is 0.598. The van der Waals surface area contributed by atoms with Crippen molar-refractivity contribution in [3.8, 4) is 0 Å². The van der Waals surface area contributed by atoms with E-state index in [-0.39, 0.29) is 11.9 Å². The summed E-state index contributed by atoms with van der Waals surface area (Å²) in [6.07, 6.45) is 3.12. The third kappa shape index (κ3) is 2.62. The molecule has 0 bridgehead atoms. The number of carbonyl (C=O) groups is 1. The molecule has 0 saturated heterocycles. The average Bonchev–Trinajstić information content (AvgIpc) is 3.07. The summed E-state index contributed by atoms with van der Waals surface area (Å²) in [5.74, 6) is 0.936. The highest BCUT2D eigenvalue weighted by molar-refractivity contribution is 5.87. The van der Waals surface area contributed by atoms with Gasteiger partial charge in [0.1, 0.15) is 11.8 Å². The number of amides is 1. The standard InChI is InChI=1S/C15H16N2O2/c18-15(16-8-7-12-5-3-9-19-12)14-10-11-4-1-2-6-13(11)17-14/h1-6,9,14,17H,7-8,10H2,(H,16,18). The van der Waals surface area contributed by atoms with E-state index in [2.05, 4.69) is 16.7 Å². The minimum absolute atomic E-state index is 0.0442. The van der Waals surface area contributed by atoms with Gasteiger partial charge in [0.05, 0.1) is 6.26 Å². The molecule has 1 atom stereocenters. The Kier molecular flexibility index (Phi) is 3.23. The molecule has 0 spiro atoms. The fourth-order valence-electron chi connectivity index (χ4n) is 2.34. The van der Waals surface area contributed by atoms with E-state index in [0.717, 1.165) is 24.3 Å². The van der Waals surface area contributed by atoms with Crippen molar-refractivity contribution in [2.24, 2.45) is 0 Å². The van der Waals surface area contributed by atoms with Crippen LogP contribution in [0.4, 0.5) is 5.69 Å². The number of hydrogen-bond donors (Lipinski definition) is 2. The van der Waals surface area contributed by atoms with Crippen molar-refractivity contribution in [2.75, 3.05) is 11.9 Å². The maximum absolute atomic E-state index is 12.0. The van der Waals surface area contributed by atoms with E-state index in [1.165, 1.54) is 5.56 Å². The van der Waals surface area contributed by atoms with Crippen LogP contribution < -0.4 is 10.6 Å². The van der Waals surface area contributed by atoms with Crippen LogP contribution in [0.25, 0.3) is 0 Å². The maximum Gasteiger partial charge on any atom is 0.242 e. The normalized spacial score (nSPS) is 16.7. The van der Waals surface area contributed by atoms with E-state index in [1.54, 1.807) is 6.26 Å². The van der Waals surface area contributed by atoms with E-state index < -0.39 is 0 Å². The topological polar surface area (TPSA) is 54.3 Å². The van der Waals surface area contributed by atoms with Crippen LogP contribution in [0.15, 0.2) is 47.1 Å². The molecule has 1 aromatic heterocycles. The summed E-state index contributed by atoms with van der Waals surface area (Å²) in [6, 6.07) is 11.6.